The SMILES string of the molecule is Nc1cc(Nc2ccc(Cl)cc2)nc(Cl)n1. The molecule has 4 nitrogen and oxygen atoms in total. The Morgan fingerprint density at radius 3 is 2.38 bits per heavy atom. The lowest BCUT2D eigenvalue weighted by atomic mass is 10.3. The van der Waals surface area contributed by atoms with Crippen molar-refractivity contribution >= 4 is 40.5 Å². The summed E-state index contributed by atoms with van der Waals surface area (Å²) in [7, 11) is 0. The van der Waals surface area contributed by atoms with E-state index >= 15 is 0 Å². The average molecular weight is 255 g/mol. The van der Waals surface area contributed by atoms with Crippen LogP contribution in [0.3, 0.4) is 0 Å². The van der Waals surface area contributed by atoms with E-state index in [2.05, 4.69) is 15.3 Å². The van der Waals surface area contributed by atoms with E-state index in [9.17, 15) is 0 Å². The van der Waals surface area contributed by atoms with Gasteiger partial charge >= 0.3 is 0 Å². The second-order valence-electron chi connectivity index (χ2n) is 3.08. The Bertz CT molecular complexity index is 478. The Hall–Kier alpha value is -1.52. The van der Waals surface area contributed by atoms with Crippen molar-refractivity contribution in [3.8, 4) is 0 Å². The summed E-state index contributed by atoms with van der Waals surface area (Å²) < 4.78 is 0. The first kappa shape index (κ1) is 11.0. The van der Waals surface area contributed by atoms with Crippen molar-refractivity contribution < 1.29 is 0 Å². The molecule has 1 aromatic carbocycles. The maximum Gasteiger partial charge on any atom is 0.226 e. The fourth-order valence-corrected chi connectivity index (χ4v) is 1.50. The predicted octanol–water partition coefficient (Wildman–Crippen LogP) is 3.11. The van der Waals surface area contributed by atoms with Crippen LogP contribution in [0.5, 0.6) is 0 Å². The van der Waals surface area contributed by atoms with Crippen LogP contribution in [-0.4, -0.2) is 9.97 Å². The number of hydrogen-bond acceptors (Lipinski definition) is 4. The smallest absolute Gasteiger partial charge is 0.226 e. The van der Waals surface area contributed by atoms with Gasteiger partial charge in [0.05, 0.1) is 0 Å². The van der Waals surface area contributed by atoms with Gasteiger partial charge in [0.15, 0.2) is 0 Å². The number of halogens is 2. The molecule has 0 radical (unpaired) electrons. The summed E-state index contributed by atoms with van der Waals surface area (Å²) in [5, 5.41) is 3.82. The lowest BCUT2D eigenvalue weighted by Crippen LogP contribution is -1.98. The van der Waals surface area contributed by atoms with Crippen LogP contribution >= 0.6 is 23.2 Å². The average Bonchev–Trinajstić information content (AvgIpc) is 2.20. The fourth-order valence-electron chi connectivity index (χ4n) is 1.18. The summed E-state index contributed by atoms with van der Waals surface area (Å²) in [5.41, 5.74) is 6.39. The number of nitrogen functional groups attached to an aromatic ring is 1. The highest BCUT2D eigenvalue weighted by atomic mass is 35.5. The third-order valence-corrected chi connectivity index (χ3v) is 2.26. The molecular weight excluding hydrogens is 247 g/mol. The van der Waals surface area contributed by atoms with Crippen LogP contribution < -0.4 is 11.1 Å². The van der Waals surface area contributed by atoms with E-state index in [4.69, 9.17) is 28.9 Å². The van der Waals surface area contributed by atoms with Crippen LogP contribution in [0, 0.1) is 0 Å². The van der Waals surface area contributed by atoms with Crippen molar-refractivity contribution in [2.45, 2.75) is 0 Å². The van der Waals surface area contributed by atoms with Crippen molar-refractivity contribution in [1.82, 2.24) is 9.97 Å². The first-order valence-electron chi connectivity index (χ1n) is 4.46. The third-order valence-electron chi connectivity index (χ3n) is 1.84. The van der Waals surface area contributed by atoms with Crippen molar-refractivity contribution in [3.63, 3.8) is 0 Å². The normalized spacial score (nSPS) is 10.1. The lowest BCUT2D eigenvalue weighted by molar-refractivity contribution is 1.18. The van der Waals surface area contributed by atoms with Crippen LogP contribution in [0.15, 0.2) is 30.3 Å². The topological polar surface area (TPSA) is 63.8 Å². The van der Waals surface area contributed by atoms with Gasteiger partial charge in [-0.2, -0.15) is 0 Å². The summed E-state index contributed by atoms with van der Waals surface area (Å²) in [6.45, 7) is 0. The summed E-state index contributed by atoms with van der Waals surface area (Å²) in [6.07, 6.45) is 0. The van der Waals surface area contributed by atoms with Crippen LogP contribution in [-0.2, 0) is 0 Å². The molecule has 0 aliphatic heterocycles. The van der Waals surface area contributed by atoms with E-state index in [1.165, 1.54) is 0 Å². The molecule has 1 heterocycles. The Kier molecular flexibility index (Phi) is 3.12. The maximum absolute atomic E-state index is 5.77. The summed E-state index contributed by atoms with van der Waals surface area (Å²) in [4.78, 5) is 7.74. The summed E-state index contributed by atoms with van der Waals surface area (Å²) in [5.74, 6) is 0.858. The van der Waals surface area contributed by atoms with Gasteiger partial charge in [-0.05, 0) is 35.9 Å². The molecule has 0 aliphatic rings. The van der Waals surface area contributed by atoms with Crippen molar-refractivity contribution in [3.05, 3.63) is 40.6 Å². The Morgan fingerprint density at radius 2 is 1.75 bits per heavy atom. The largest absolute Gasteiger partial charge is 0.383 e. The van der Waals surface area contributed by atoms with Gasteiger partial charge in [-0.3, -0.25) is 0 Å². The first-order chi connectivity index (χ1) is 7.63. The monoisotopic (exact) mass is 254 g/mol. The molecule has 6 heteroatoms. The predicted molar refractivity (Wildman–Crippen MR) is 66.2 cm³/mol. The number of nitrogens with two attached hydrogens (primary N) is 1. The molecular formula is C10H8Cl2N4. The number of aromatic nitrogens is 2. The second-order valence-corrected chi connectivity index (χ2v) is 3.85. The molecule has 0 fully saturated rings. The van der Waals surface area contributed by atoms with Crippen LogP contribution in [0.2, 0.25) is 10.3 Å². The molecule has 2 rings (SSSR count). The molecule has 0 unspecified atom stereocenters. The van der Waals surface area contributed by atoms with Gasteiger partial charge in [0.1, 0.15) is 11.6 Å². The summed E-state index contributed by atoms with van der Waals surface area (Å²) in [6, 6.07) is 8.80. The molecule has 0 aliphatic carbocycles. The third kappa shape index (κ3) is 2.74. The van der Waals surface area contributed by atoms with Gasteiger partial charge < -0.3 is 11.1 Å². The zero-order valence-electron chi connectivity index (χ0n) is 8.11. The van der Waals surface area contributed by atoms with Crippen molar-refractivity contribution in [2.24, 2.45) is 0 Å². The molecule has 0 spiro atoms. The van der Waals surface area contributed by atoms with Gasteiger partial charge in [-0.25, -0.2) is 9.97 Å². The first-order valence-corrected chi connectivity index (χ1v) is 5.22. The quantitative estimate of drug-likeness (QED) is 0.809. The molecule has 0 saturated carbocycles. The second kappa shape index (κ2) is 4.55. The van der Waals surface area contributed by atoms with E-state index in [1.54, 1.807) is 18.2 Å². The highest BCUT2D eigenvalue weighted by Gasteiger charge is 2.00. The minimum absolute atomic E-state index is 0.108. The van der Waals surface area contributed by atoms with E-state index in [0.717, 1.165) is 5.69 Å². The Balaban J connectivity index is 2.23. The van der Waals surface area contributed by atoms with Crippen LogP contribution in [0.25, 0.3) is 0 Å². The zero-order chi connectivity index (χ0) is 11.5. The number of hydrogen-bond donors (Lipinski definition) is 2. The number of nitrogens with one attached hydrogen (secondary N) is 1. The lowest BCUT2D eigenvalue weighted by Gasteiger charge is -2.06. The van der Waals surface area contributed by atoms with Gasteiger partial charge in [0.2, 0.25) is 5.28 Å². The molecule has 0 bridgehead atoms. The van der Waals surface area contributed by atoms with Crippen LogP contribution in [0.4, 0.5) is 17.3 Å². The molecule has 0 saturated heterocycles. The van der Waals surface area contributed by atoms with Crippen molar-refractivity contribution in [1.29, 1.82) is 0 Å². The Labute approximate surface area is 102 Å². The molecule has 82 valence electrons. The Morgan fingerprint density at radius 1 is 1.06 bits per heavy atom. The van der Waals surface area contributed by atoms with E-state index in [0.29, 0.717) is 16.7 Å². The standard InChI is InChI=1S/C10H8Cl2N4/c11-6-1-3-7(4-2-6)14-9-5-8(13)15-10(12)16-9/h1-5H,(H3,13,14,15,16). The van der Waals surface area contributed by atoms with Gasteiger partial charge in [-0.1, -0.05) is 11.6 Å². The molecule has 2 aromatic rings. The maximum atomic E-state index is 5.77. The number of nitrogens with zero attached hydrogens (tertiary/aromatic N) is 2. The molecule has 0 atom stereocenters. The number of benzene rings is 1. The van der Waals surface area contributed by atoms with E-state index < -0.39 is 0 Å². The fraction of sp³-hybridized carbons (Fsp3) is 0. The van der Waals surface area contributed by atoms with Gasteiger partial charge in [0, 0.05) is 16.8 Å². The van der Waals surface area contributed by atoms with Gasteiger partial charge in [0.25, 0.3) is 0 Å². The number of anilines is 3. The number of rotatable bonds is 2. The summed E-state index contributed by atoms with van der Waals surface area (Å²) >= 11 is 11.4. The minimum atomic E-state index is 0.108. The van der Waals surface area contributed by atoms with E-state index in [1.807, 2.05) is 12.1 Å². The highest BCUT2D eigenvalue weighted by molar-refractivity contribution is 6.30. The van der Waals surface area contributed by atoms with E-state index in [-0.39, 0.29) is 5.28 Å². The van der Waals surface area contributed by atoms with Gasteiger partial charge in [-0.15, -0.1) is 0 Å². The molecule has 0 amide bonds. The molecule has 3 N–H and O–H groups in total. The molecule has 16 heavy (non-hydrogen) atoms. The van der Waals surface area contributed by atoms with Crippen molar-refractivity contribution in [2.75, 3.05) is 11.1 Å². The minimum Gasteiger partial charge on any atom is -0.383 e. The highest BCUT2D eigenvalue weighted by Crippen LogP contribution is 2.19. The zero-order valence-corrected chi connectivity index (χ0v) is 9.63. The van der Waals surface area contributed by atoms with Crippen LogP contribution in [0.1, 0.15) is 0 Å². The molecule has 1 aromatic heterocycles.